The minimum absolute atomic E-state index is 0.0150. The smallest absolute Gasteiger partial charge is 0.251 e. The van der Waals surface area contributed by atoms with Gasteiger partial charge in [-0.1, -0.05) is 18.2 Å². The van der Waals surface area contributed by atoms with Gasteiger partial charge in [-0.05, 0) is 36.4 Å². The lowest BCUT2D eigenvalue weighted by molar-refractivity contribution is -0.107. The van der Waals surface area contributed by atoms with Crippen LogP contribution in [0.4, 0.5) is 0 Å². The summed E-state index contributed by atoms with van der Waals surface area (Å²) in [6, 6.07) is 16.1. The summed E-state index contributed by atoms with van der Waals surface area (Å²) in [5.74, 6) is 1.11. The molecule has 0 bridgehead atoms. The van der Waals surface area contributed by atoms with Gasteiger partial charge in [0.25, 0.3) is 5.91 Å². The van der Waals surface area contributed by atoms with Gasteiger partial charge in [-0.25, -0.2) is 0 Å². The largest absolute Gasteiger partial charge is 0.457 e. The third-order valence-electron chi connectivity index (χ3n) is 2.44. The first-order valence-electron chi connectivity index (χ1n) is 5.84. The number of ether oxygens (including phenoxy) is 1. The highest BCUT2D eigenvalue weighted by molar-refractivity contribution is 5.95. The molecule has 96 valence electrons. The van der Waals surface area contributed by atoms with E-state index in [0.717, 1.165) is 5.75 Å². The molecule has 0 atom stereocenters. The lowest BCUT2D eigenvalue weighted by Crippen LogP contribution is -2.24. The van der Waals surface area contributed by atoms with E-state index in [1.807, 2.05) is 30.3 Å². The topological polar surface area (TPSA) is 55.4 Å². The molecule has 0 radical (unpaired) electrons. The van der Waals surface area contributed by atoms with E-state index in [1.54, 1.807) is 24.3 Å². The van der Waals surface area contributed by atoms with Gasteiger partial charge in [0.15, 0.2) is 0 Å². The summed E-state index contributed by atoms with van der Waals surface area (Å²) in [6.45, 7) is 0.0150. The van der Waals surface area contributed by atoms with Crippen molar-refractivity contribution >= 4 is 12.2 Å². The van der Waals surface area contributed by atoms with E-state index in [1.165, 1.54) is 0 Å². The third kappa shape index (κ3) is 3.67. The van der Waals surface area contributed by atoms with Crippen molar-refractivity contribution in [3.63, 3.8) is 0 Å². The monoisotopic (exact) mass is 255 g/mol. The van der Waals surface area contributed by atoms with Gasteiger partial charge in [-0.3, -0.25) is 4.79 Å². The maximum absolute atomic E-state index is 11.6. The standard InChI is InChI=1S/C15H13NO3/c17-11-10-16-15(18)12-6-8-14(9-7-12)19-13-4-2-1-3-5-13/h1-9,11H,10H2,(H,16,18). The van der Waals surface area contributed by atoms with E-state index in [4.69, 9.17) is 4.74 Å². The van der Waals surface area contributed by atoms with Crippen molar-refractivity contribution in [2.45, 2.75) is 0 Å². The van der Waals surface area contributed by atoms with Gasteiger partial charge in [0, 0.05) is 5.56 Å². The van der Waals surface area contributed by atoms with Crippen LogP contribution in [0.1, 0.15) is 10.4 Å². The summed E-state index contributed by atoms with van der Waals surface area (Å²) in [4.78, 5) is 21.7. The molecule has 0 aromatic heterocycles. The van der Waals surface area contributed by atoms with Crippen LogP contribution in [-0.4, -0.2) is 18.7 Å². The molecule has 0 aliphatic heterocycles. The fourth-order valence-corrected chi connectivity index (χ4v) is 1.54. The highest BCUT2D eigenvalue weighted by Crippen LogP contribution is 2.20. The maximum Gasteiger partial charge on any atom is 0.251 e. The molecular formula is C15H13NO3. The van der Waals surface area contributed by atoms with Crippen LogP contribution in [-0.2, 0) is 4.79 Å². The van der Waals surface area contributed by atoms with Crippen LogP contribution in [0.3, 0.4) is 0 Å². The molecule has 0 saturated carbocycles. The average molecular weight is 255 g/mol. The number of benzene rings is 2. The van der Waals surface area contributed by atoms with E-state index in [9.17, 15) is 9.59 Å². The average Bonchev–Trinajstić information content (AvgIpc) is 2.46. The SMILES string of the molecule is O=CCNC(=O)c1ccc(Oc2ccccc2)cc1. The molecule has 19 heavy (non-hydrogen) atoms. The molecule has 2 rings (SSSR count). The van der Waals surface area contributed by atoms with Gasteiger partial charge in [-0.2, -0.15) is 0 Å². The van der Waals surface area contributed by atoms with Crippen molar-refractivity contribution in [2.24, 2.45) is 0 Å². The molecule has 1 N–H and O–H groups in total. The number of rotatable bonds is 5. The van der Waals surface area contributed by atoms with Crippen molar-refractivity contribution in [2.75, 3.05) is 6.54 Å². The summed E-state index contributed by atoms with van der Waals surface area (Å²) < 4.78 is 5.61. The van der Waals surface area contributed by atoms with Crippen LogP contribution < -0.4 is 10.1 Å². The zero-order valence-electron chi connectivity index (χ0n) is 10.2. The number of hydrogen-bond acceptors (Lipinski definition) is 3. The first-order chi connectivity index (χ1) is 9.29. The fraction of sp³-hybridized carbons (Fsp3) is 0.0667. The van der Waals surface area contributed by atoms with E-state index in [0.29, 0.717) is 17.6 Å². The number of hydrogen-bond donors (Lipinski definition) is 1. The van der Waals surface area contributed by atoms with Crippen LogP contribution in [0.5, 0.6) is 11.5 Å². The predicted octanol–water partition coefficient (Wildman–Crippen LogP) is 2.41. The Morgan fingerprint density at radius 2 is 1.63 bits per heavy atom. The Balaban J connectivity index is 2.02. The quantitative estimate of drug-likeness (QED) is 0.835. The molecule has 0 aliphatic rings. The molecule has 0 spiro atoms. The van der Waals surface area contributed by atoms with E-state index >= 15 is 0 Å². The van der Waals surface area contributed by atoms with Crippen LogP contribution in [0, 0.1) is 0 Å². The van der Waals surface area contributed by atoms with E-state index in [-0.39, 0.29) is 12.5 Å². The molecule has 2 aromatic carbocycles. The van der Waals surface area contributed by atoms with Gasteiger partial charge in [0.1, 0.15) is 17.8 Å². The van der Waals surface area contributed by atoms with Gasteiger partial charge < -0.3 is 14.8 Å². The Labute approximate surface area is 111 Å². The maximum atomic E-state index is 11.6. The van der Waals surface area contributed by atoms with Crippen molar-refractivity contribution in [1.29, 1.82) is 0 Å². The minimum atomic E-state index is -0.279. The summed E-state index contributed by atoms with van der Waals surface area (Å²) >= 11 is 0. The zero-order chi connectivity index (χ0) is 13.5. The van der Waals surface area contributed by atoms with Gasteiger partial charge in [-0.15, -0.1) is 0 Å². The Morgan fingerprint density at radius 1 is 1.00 bits per heavy atom. The second-order valence-electron chi connectivity index (χ2n) is 3.82. The Hall–Kier alpha value is -2.62. The van der Waals surface area contributed by atoms with Crippen molar-refractivity contribution in [1.82, 2.24) is 5.32 Å². The molecule has 0 saturated heterocycles. The lowest BCUT2D eigenvalue weighted by Gasteiger charge is -2.06. The Kier molecular flexibility index (Phi) is 4.29. The van der Waals surface area contributed by atoms with Crippen molar-refractivity contribution in [3.8, 4) is 11.5 Å². The third-order valence-corrected chi connectivity index (χ3v) is 2.44. The first kappa shape index (κ1) is 12.8. The summed E-state index contributed by atoms with van der Waals surface area (Å²) in [6.07, 6.45) is 0.644. The van der Waals surface area contributed by atoms with Crippen molar-refractivity contribution in [3.05, 3.63) is 60.2 Å². The van der Waals surface area contributed by atoms with E-state index in [2.05, 4.69) is 5.32 Å². The molecule has 0 unspecified atom stereocenters. The van der Waals surface area contributed by atoms with E-state index < -0.39 is 0 Å². The molecule has 4 nitrogen and oxygen atoms in total. The molecule has 0 heterocycles. The second-order valence-corrected chi connectivity index (χ2v) is 3.82. The normalized spacial score (nSPS) is 9.68. The van der Waals surface area contributed by atoms with Gasteiger partial charge in [0.2, 0.25) is 0 Å². The lowest BCUT2D eigenvalue weighted by atomic mass is 10.2. The Bertz CT molecular complexity index is 549. The van der Waals surface area contributed by atoms with Gasteiger partial charge >= 0.3 is 0 Å². The van der Waals surface area contributed by atoms with Crippen LogP contribution in [0.2, 0.25) is 0 Å². The number of carbonyl (C=O) groups is 2. The highest BCUT2D eigenvalue weighted by atomic mass is 16.5. The molecule has 0 fully saturated rings. The minimum Gasteiger partial charge on any atom is -0.457 e. The number of aldehydes is 1. The molecule has 4 heteroatoms. The van der Waals surface area contributed by atoms with Crippen molar-refractivity contribution < 1.29 is 14.3 Å². The summed E-state index contributed by atoms with van der Waals surface area (Å²) in [7, 11) is 0. The first-order valence-corrected chi connectivity index (χ1v) is 5.84. The summed E-state index contributed by atoms with van der Waals surface area (Å²) in [5.41, 5.74) is 0.488. The molecule has 1 amide bonds. The number of carbonyl (C=O) groups excluding carboxylic acids is 2. The molecule has 2 aromatic rings. The highest BCUT2D eigenvalue weighted by Gasteiger charge is 2.04. The van der Waals surface area contributed by atoms with Crippen LogP contribution in [0.15, 0.2) is 54.6 Å². The number of para-hydroxylation sites is 1. The fourth-order valence-electron chi connectivity index (χ4n) is 1.54. The second kappa shape index (κ2) is 6.35. The van der Waals surface area contributed by atoms with Crippen LogP contribution in [0.25, 0.3) is 0 Å². The zero-order valence-corrected chi connectivity index (χ0v) is 10.2. The van der Waals surface area contributed by atoms with Crippen LogP contribution >= 0.6 is 0 Å². The Morgan fingerprint density at radius 3 is 2.26 bits per heavy atom. The molecule has 0 aliphatic carbocycles. The van der Waals surface area contributed by atoms with Gasteiger partial charge in [0.05, 0.1) is 6.54 Å². The predicted molar refractivity (Wildman–Crippen MR) is 71.4 cm³/mol. The molecular weight excluding hydrogens is 242 g/mol. The number of amides is 1. The number of nitrogens with one attached hydrogen (secondary N) is 1. The summed E-state index contributed by atoms with van der Waals surface area (Å²) in [5, 5.41) is 2.47.